The Morgan fingerprint density at radius 1 is 1.32 bits per heavy atom. The van der Waals surface area contributed by atoms with Crippen molar-refractivity contribution in [2.45, 2.75) is 13.3 Å². The van der Waals surface area contributed by atoms with Crippen molar-refractivity contribution in [1.29, 1.82) is 0 Å². The van der Waals surface area contributed by atoms with Gasteiger partial charge in [-0.15, -0.1) is 11.3 Å². The van der Waals surface area contributed by atoms with Gasteiger partial charge < -0.3 is 20.1 Å². The second-order valence-electron chi connectivity index (χ2n) is 4.47. The van der Waals surface area contributed by atoms with Gasteiger partial charge in [0.1, 0.15) is 11.5 Å². The third-order valence-corrected chi connectivity index (χ3v) is 3.72. The fourth-order valence-electron chi connectivity index (χ4n) is 1.90. The molecule has 0 fully saturated rings. The smallest absolute Gasteiger partial charge is 0.226 e. The number of nitrogens with zero attached hydrogens (tertiary/aromatic N) is 1. The molecule has 0 spiro atoms. The maximum Gasteiger partial charge on any atom is 0.226 e. The zero-order valence-corrected chi connectivity index (χ0v) is 13.6. The topological polar surface area (TPSA) is 72.5 Å². The van der Waals surface area contributed by atoms with Gasteiger partial charge in [-0.3, -0.25) is 4.79 Å². The first-order chi connectivity index (χ1) is 10.7. The van der Waals surface area contributed by atoms with Gasteiger partial charge in [-0.1, -0.05) is 0 Å². The molecule has 0 unspecified atom stereocenters. The monoisotopic (exact) mass is 321 g/mol. The molecule has 22 heavy (non-hydrogen) atoms. The molecule has 1 heterocycles. The average Bonchev–Trinajstić information content (AvgIpc) is 2.94. The second-order valence-corrected chi connectivity index (χ2v) is 5.32. The highest BCUT2D eigenvalue weighted by atomic mass is 32.1. The summed E-state index contributed by atoms with van der Waals surface area (Å²) in [5.41, 5.74) is 1.50. The number of benzene rings is 1. The molecule has 2 N–H and O–H groups in total. The van der Waals surface area contributed by atoms with Gasteiger partial charge in [0, 0.05) is 18.0 Å². The van der Waals surface area contributed by atoms with E-state index in [0.717, 1.165) is 17.1 Å². The average molecular weight is 321 g/mol. The number of ether oxygens (including phenoxy) is 2. The number of anilines is 2. The van der Waals surface area contributed by atoms with Crippen LogP contribution in [0.4, 0.5) is 10.8 Å². The molecule has 7 heteroatoms. The number of aromatic nitrogens is 1. The summed E-state index contributed by atoms with van der Waals surface area (Å²) in [7, 11) is 3.22. The van der Waals surface area contributed by atoms with E-state index in [1.807, 2.05) is 30.5 Å². The first-order valence-corrected chi connectivity index (χ1v) is 7.74. The highest BCUT2D eigenvalue weighted by molar-refractivity contribution is 7.13. The van der Waals surface area contributed by atoms with E-state index >= 15 is 0 Å². The van der Waals surface area contributed by atoms with Gasteiger partial charge >= 0.3 is 0 Å². The van der Waals surface area contributed by atoms with Crippen LogP contribution in [-0.2, 0) is 11.2 Å². The summed E-state index contributed by atoms with van der Waals surface area (Å²) in [5, 5.41) is 8.51. The van der Waals surface area contributed by atoms with Crippen molar-refractivity contribution >= 4 is 28.1 Å². The predicted molar refractivity (Wildman–Crippen MR) is 87.3 cm³/mol. The number of methoxy groups -OCH3 is 2. The Labute approximate surface area is 133 Å². The van der Waals surface area contributed by atoms with Crippen LogP contribution in [-0.4, -0.2) is 31.7 Å². The van der Waals surface area contributed by atoms with Gasteiger partial charge in [-0.2, -0.15) is 0 Å². The van der Waals surface area contributed by atoms with Gasteiger partial charge in [0.25, 0.3) is 0 Å². The largest absolute Gasteiger partial charge is 0.497 e. The Morgan fingerprint density at radius 2 is 2.14 bits per heavy atom. The Bertz CT molecular complexity index is 643. The first-order valence-electron chi connectivity index (χ1n) is 6.86. The molecule has 2 rings (SSSR count). The van der Waals surface area contributed by atoms with E-state index in [4.69, 9.17) is 9.47 Å². The van der Waals surface area contributed by atoms with Crippen LogP contribution in [0.2, 0.25) is 0 Å². The molecule has 0 aliphatic carbocycles. The molecule has 0 aliphatic heterocycles. The summed E-state index contributed by atoms with van der Waals surface area (Å²) >= 11 is 1.44. The summed E-state index contributed by atoms with van der Waals surface area (Å²) in [4.78, 5) is 16.0. The molecule has 118 valence electrons. The lowest BCUT2D eigenvalue weighted by atomic mass is 10.2. The van der Waals surface area contributed by atoms with Crippen LogP contribution >= 0.6 is 11.3 Å². The van der Waals surface area contributed by atoms with Crippen molar-refractivity contribution in [2.75, 3.05) is 26.1 Å². The van der Waals surface area contributed by atoms with Crippen LogP contribution in [0.25, 0.3) is 0 Å². The van der Waals surface area contributed by atoms with E-state index in [9.17, 15) is 4.79 Å². The van der Waals surface area contributed by atoms with Gasteiger partial charge in [0.2, 0.25) is 5.91 Å². The molecular formula is C15H19N3O3S. The van der Waals surface area contributed by atoms with Crippen molar-refractivity contribution in [2.24, 2.45) is 0 Å². The van der Waals surface area contributed by atoms with Crippen LogP contribution in [0, 0.1) is 0 Å². The number of hydrogen-bond acceptors (Lipinski definition) is 6. The van der Waals surface area contributed by atoms with E-state index in [1.54, 1.807) is 14.2 Å². The van der Waals surface area contributed by atoms with Gasteiger partial charge in [-0.25, -0.2) is 4.98 Å². The number of thiazole rings is 1. The summed E-state index contributed by atoms with van der Waals surface area (Å²) in [5.74, 6) is 1.39. The Balaban J connectivity index is 2.11. The van der Waals surface area contributed by atoms with Gasteiger partial charge in [-0.05, 0) is 19.1 Å². The van der Waals surface area contributed by atoms with Crippen molar-refractivity contribution < 1.29 is 14.3 Å². The van der Waals surface area contributed by atoms with E-state index in [1.165, 1.54) is 11.3 Å². The van der Waals surface area contributed by atoms with Crippen molar-refractivity contribution in [3.05, 3.63) is 29.3 Å². The number of likely N-dealkylation sites (N-methyl/N-ethyl adjacent to an activating group) is 1. The third-order valence-electron chi connectivity index (χ3n) is 2.92. The highest BCUT2D eigenvalue weighted by Gasteiger charge is 2.10. The molecule has 0 saturated heterocycles. The lowest BCUT2D eigenvalue weighted by Gasteiger charge is -2.10. The lowest BCUT2D eigenvalue weighted by Crippen LogP contribution is -2.24. The first kappa shape index (κ1) is 16.1. The molecule has 0 aliphatic rings. The molecule has 0 saturated carbocycles. The van der Waals surface area contributed by atoms with E-state index < -0.39 is 0 Å². The van der Waals surface area contributed by atoms with Crippen LogP contribution in [0.3, 0.4) is 0 Å². The van der Waals surface area contributed by atoms with E-state index in [-0.39, 0.29) is 12.3 Å². The summed E-state index contributed by atoms with van der Waals surface area (Å²) in [6.07, 6.45) is 0.279. The molecule has 1 aromatic heterocycles. The lowest BCUT2D eigenvalue weighted by molar-refractivity contribution is -0.120. The molecular weight excluding hydrogens is 302 g/mol. The normalized spacial score (nSPS) is 10.1. The van der Waals surface area contributed by atoms with Gasteiger partial charge in [0.15, 0.2) is 5.13 Å². The SMILES string of the molecule is CCNC(=O)Cc1csc(Nc2cc(OC)ccc2OC)n1. The minimum Gasteiger partial charge on any atom is -0.497 e. The van der Waals surface area contributed by atoms with Crippen LogP contribution in [0.1, 0.15) is 12.6 Å². The highest BCUT2D eigenvalue weighted by Crippen LogP contribution is 2.32. The summed E-state index contributed by atoms with van der Waals surface area (Å²) in [6.45, 7) is 2.51. The van der Waals surface area contributed by atoms with Gasteiger partial charge in [0.05, 0.1) is 32.0 Å². The minimum absolute atomic E-state index is 0.0293. The third kappa shape index (κ3) is 4.11. The van der Waals surface area contributed by atoms with E-state index in [2.05, 4.69) is 15.6 Å². The number of rotatable bonds is 7. The summed E-state index contributed by atoms with van der Waals surface area (Å²) < 4.78 is 10.5. The number of hydrogen-bond donors (Lipinski definition) is 2. The van der Waals surface area contributed by atoms with E-state index in [0.29, 0.717) is 17.4 Å². The van der Waals surface area contributed by atoms with Crippen molar-refractivity contribution in [3.8, 4) is 11.5 Å². The van der Waals surface area contributed by atoms with Crippen LogP contribution < -0.4 is 20.1 Å². The standard InChI is InChI=1S/C15H19N3O3S/c1-4-16-14(19)7-10-9-22-15(17-10)18-12-8-11(20-2)5-6-13(12)21-3/h5-6,8-9H,4,7H2,1-3H3,(H,16,19)(H,17,18). The minimum atomic E-state index is -0.0293. The molecule has 0 bridgehead atoms. The number of nitrogens with one attached hydrogen (secondary N) is 2. The summed E-state index contributed by atoms with van der Waals surface area (Å²) in [6, 6.07) is 5.49. The second kappa shape index (κ2) is 7.65. The zero-order chi connectivity index (χ0) is 15.9. The number of carbonyl (C=O) groups excluding carboxylic acids is 1. The Morgan fingerprint density at radius 3 is 2.82 bits per heavy atom. The molecule has 0 atom stereocenters. The van der Waals surface area contributed by atoms with Crippen LogP contribution in [0.15, 0.2) is 23.6 Å². The molecule has 1 amide bonds. The zero-order valence-electron chi connectivity index (χ0n) is 12.8. The maximum atomic E-state index is 11.6. The van der Waals surface area contributed by atoms with Crippen LogP contribution in [0.5, 0.6) is 11.5 Å². The number of amides is 1. The van der Waals surface area contributed by atoms with Crippen molar-refractivity contribution in [3.63, 3.8) is 0 Å². The fraction of sp³-hybridized carbons (Fsp3) is 0.333. The maximum absolute atomic E-state index is 11.6. The van der Waals surface area contributed by atoms with Crippen molar-refractivity contribution in [1.82, 2.24) is 10.3 Å². The fourth-order valence-corrected chi connectivity index (χ4v) is 2.62. The number of carbonyl (C=O) groups is 1. The molecule has 0 radical (unpaired) electrons. The molecule has 2 aromatic rings. The molecule has 6 nitrogen and oxygen atoms in total. The quantitative estimate of drug-likeness (QED) is 0.820. The Hall–Kier alpha value is -2.28. The Kier molecular flexibility index (Phi) is 5.60. The predicted octanol–water partition coefficient (Wildman–Crippen LogP) is 2.58. The molecule has 1 aromatic carbocycles.